The van der Waals surface area contributed by atoms with Gasteiger partial charge in [-0.3, -0.25) is 9.59 Å². The van der Waals surface area contributed by atoms with E-state index in [1.165, 1.54) is 11.8 Å². The monoisotopic (exact) mass is 390 g/mol. The van der Waals surface area contributed by atoms with E-state index in [-0.39, 0.29) is 18.4 Å². The molecular formula is C22H18N2O3S. The Morgan fingerprint density at radius 3 is 2.46 bits per heavy atom. The third-order valence-electron chi connectivity index (χ3n) is 4.22. The summed E-state index contributed by atoms with van der Waals surface area (Å²) >= 11 is 1.49. The summed E-state index contributed by atoms with van der Waals surface area (Å²) in [5.74, 6) is 0.247. The van der Waals surface area contributed by atoms with E-state index in [2.05, 4.69) is 10.6 Å². The molecule has 1 unspecified atom stereocenters. The van der Waals surface area contributed by atoms with Crippen LogP contribution < -0.4 is 15.4 Å². The molecule has 0 spiro atoms. The lowest BCUT2D eigenvalue weighted by Gasteiger charge is -2.20. The molecule has 4 rings (SSSR count). The molecule has 1 aliphatic rings. The number of ether oxygens (including phenoxy) is 1. The van der Waals surface area contributed by atoms with Crippen molar-refractivity contribution >= 4 is 35.0 Å². The first-order valence-corrected chi connectivity index (χ1v) is 9.71. The number of amides is 2. The second-order valence-electron chi connectivity index (χ2n) is 6.26. The molecule has 28 heavy (non-hydrogen) atoms. The predicted molar refractivity (Wildman–Crippen MR) is 111 cm³/mol. The quantitative estimate of drug-likeness (QED) is 0.630. The fourth-order valence-corrected chi connectivity index (χ4v) is 3.95. The van der Waals surface area contributed by atoms with Crippen LogP contribution in [0.3, 0.4) is 0 Å². The van der Waals surface area contributed by atoms with E-state index in [0.29, 0.717) is 17.1 Å². The highest BCUT2D eigenvalue weighted by atomic mass is 32.2. The van der Waals surface area contributed by atoms with Crippen LogP contribution in [0, 0.1) is 0 Å². The summed E-state index contributed by atoms with van der Waals surface area (Å²) in [5, 5.41) is 5.30. The first kappa shape index (κ1) is 18.1. The van der Waals surface area contributed by atoms with Gasteiger partial charge in [0.2, 0.25) is 5.91 Å². The van der Waals surface area contributed by atoms with Crippen molar-refractivity contribution in [2.45, 2.75) is 10.1 Å². The number of hydrogen-bond donors (Lipinski definition) is 2. The third kappa shape index (κ3) is 4.18. The Balaban J connectivity index is 1.57. The SMILES string of the molecule is O=C1COc2ccc(NC(=O)C(Sc3ccccc3)c3ccccc3)cc2N1. The molecule has 0 saturated carbocycles. The van der Waals surface area contributed by atoms with E-state index < -0.39 is 5.25 Å². The molecule has 2 N–H and O–H groups in total. The summed E-state index contributed by atoms with van der Waals surface area (Å²) in [6.45, 7) is 0.00248. The number of carbonyl (C=O) groups excluding carboxylic acids is 2. The Morgan fingerprint density at radius 1 is 1.00 bits per heavy atom. The summed E-state index contributed by atoms with van der Waals surface area (Å²) < 4.78 is 5.36. The third-order valence-corrected chi connectivity index (χ3v) is 5.48. The number of fused-ring (bicyclic) bond motifs is 1. The van der Waals surface area contributed by atoms with Gasteiger partial charge >= 0.3 is 0 Å². The summed E-state index contributed by atoms with van der Waals surface area (Å²) in [6, 6.07) is 24.7. The van der Waals surface area contributed by atoms with Gasteiger partial charge in [-0.15, -0.1) is 11.8 Å². The zero-order valence-electron chi connectivity index (χ0n) is 14.9. The van der Waals surface area contributed by atoms with E-state index in [1.807, 2.05) is 60.7 Å². The number of anilines is 2. The molecule has 5 nitrogen and oxygen atoms in total. The molecule has 0 saturated heterocycles. The molecule has 140 valence electrons. The number of hydrogen-bond acceptors (Lipinski definition) is 4. The minimum Gasteiger partial charge on any atom is -0.482 e. The highest BCUT2D eigenvalue weighted by molar-refractivity contribution is 8.00. The van der Waals surface area contributed by atoms with Gasteiger partial charge in [0.15, 0.2) is 6.61 Å². The number of carbonyl (C=O) groups is 2. The smallest absolute Gasteiger partial charge is 0.262 e. The predicted octanol–water partition coefficient (Wildman–Crippen LogP) is 4.49. The number of rotatable bonds is 5. The van der Waals surface area contributed by atoms with Crippen LogP contribution >= 0.6 is 11.8 Å². The summed E-state index contributed by atoms with van der Waals surface area (Å²) in [6.07, 6.45) is 0. The Kier molecular flexibility index (Phi) is 5.30. The maximum absolute atomic E-state index is 13.1. The van der Waals surface area contributed by atoms with Crippen LogP contribution in [-0.4, -0.2) is 18.4 Å². The number of thioether (sulfide) groups is 1. The molecule has 0 aliphatic carbocycles. The van der Waals surface area contributed by atoms with Crippen LogP contribution in [0.5, 0.6) is 5.75 Å². The molecule has 0 fully saturated rings. The van der Waals surface area contributed by atoms with Gasteiger partial charge in [-0.2, -0.15) is 0 Å². The topological polar surface area (TPSA) is 67.4 Å². The van der Waals surface area contributed by atoms with Crippen LogP contribution in [0.15, 0.2) is 83.8 Å². The van der Waals surface area contributed by atoms with Gasteiger partial charge in [0.05, 0.1) is 5.69 Å². The van der Waals surface area contributed by atoms with Gasteiger partial charge in [0.1, 0.15) is 11.0 Å². The second-order valence-corrected chi connectivity index (χ2v) is 7.44. The van der Waals surface area contributed by atoms with Crippen molar-refractivity contribution in [3.8, 4) is 5.75 Å². The largest absolute Gasteiger partial charge is 0.482 e. The Morgan fingerprint density at radius 2 is 1.71 bits per heavy atom. The van der Waals surface area contributed by atoms with Gasteiger partial charge in [-0.25, -0.2) is 0 Å². The lowest BCUT2D eigenvalue weighted by Crippen LogP contribution is -2.25. The molecule has 6 heteroatoms. The normalized spacial score (nSPS) is 13.6. The van der Waals surface area contributed by atoms with E-state index in [1.54, 1.807) is 18.2 Å². The fraction of sp³-hybridized carbons (Fsp3) is 0.0909. The molecule has 3 aromatic carbocycles. The Hall–Kier alpha value is -3.25. The molecule has 0 aromatic heterocycles. The zero-order chi connectivity index (χ0) is 19.3. The summed E-state index contributed by atoms with van der Waals surface area (Å²) in [5.41, 5.74) is 2.08. The maximum Gasteiger partial charge on any atom is 0.262 e. The van der Waals surface area contributed by atoms with Gasteiger partial charge in [0, 0.05) is 10.6 Å². The minimum atomic E-state index is -0.412. The minimum absolute atomic E-state index is 0.00248. The lowest BCUT2D eigenvalue weighted by atomic mass is 10.1. The Labute approximate surface area is 167 Å². The van der Waals surface area contributed by atoms with Crippen molar-refractivity contribution in [1.29, 1.82) is 0 Å². The van der Waals surface area contributed by atoms with Crippen LogP contribution in [0.1, 0.15) is 10.8 Å². The average molecular weight is 390 g/mol. The van der Waals surface area contributed by atoms with Gasteiger partial charge in [-0.05, 0) is 35.9 Å². The molecule has 2 amide bonds. The molecule has 0 radical (unpaired) electrons. The highest BCUT2D eigenvalue weighted by Crippen LogP contribution is 2.37. The van der Waals surface area contributed by atoms with E-state index in [4.69, 9.17) is 4.74 Å². The van der Waals surface area contributed by atoms with Crippen molar-refractivity contribution in [3.05, 3.63) is 84.4 Å². The Bertz CT molecular complexity index is 993. The second kappa shape index (κ2) is 8.19. The standard InChI is InChI=1S/C22H18N2O3S/c25-20-14-27-19-12-11-16(13-18(19)24-20)23-22(26)21(15-7-3-1-4-8-15)28-17-9-5-2-6-10-17/h1-13,21H,14H2,(H,23,26)(H,24,25). The zero-order valence-corrected chi connectivity index (χ0v) is 15.7. The molecule has 1 aliphatic heterocycles. The van der Waals surface area contributed by atoms with Crippen LogP contribution in [-0.2, 0) is 9.59 Å². The fourth-order valence-electron chi connectivity index (χ4n) is 2.90. The molecule has 1 heterocycles. The lowest BCUT2D eigenvalue weighted by molar-refractivity contribution is -0.118. The van der Waals surface area contributed by atoms with Crippen molar-refractivity contribution < 1.29 is 14.3 Å². The van der Waals surface area contributed by atoms with Crippen molar-refractivity contribution in [2.24, 2.45) is 0 Å². The summed E-state index contributed by atoms with van der Waals surface area (Å²) in [4.78, 5) is 25.6. The highest BCUT2D eigenvalue weighted by Gasteiger charge is 2.23. The molecule has 3 aromatic rings. The van der Waals surface area contributed by atoms with E-state index >= 15 is 0 Å². The molecule has 0 bridgehead atoms. The first-order chi connectivity index (χ1) is 13.7. The van der Waals surface area contributed by atoms with Crippen LogP contribution in [0.25, 0.3) is 0 Å². The summed E-state index contributed by atoms with van der Waals surface area (Å²) in [7, 11) is 0. The van der Waals surface area contributed by atoms with Gasteiger partial charge < -0.3 is 15.4 Å². The number of benzene rings is 3. The first-order valence-electron chi connectivity index (χ1n) is 8.83. The average Bonchev–Trinajstić information content (AvgIpc) is 2.73. The van der Waals surface area contributed by atoms with Crippen molar-refractivity contribution in [1.82, 2.24) is 0 Å². The molecular weight excluding hydrogens is 372 g/mol. The maximum atomic E-state index is 13.1. The van der Waals surface area contributed by atoms with Crippen LogP contribution in [0.4, 0.5) is 11.4 Å². The van der Waals surface area contributed by atoms with E-state index in [9.17, 15) is 9.59 Å². The van der Waals surface area contributed by atoms with Crippen molar-refractivity contribution in [3.63, 3.8) is 0 Å². The van der Waals surface area contributed by atoms with E-state index in [0.717, 1.165) is 10.5 Å². The van der Waals surface area contributed by atoms with Gasteiger partial charge in [0.25, 0.3) is 5.91 Å². The van der Waals surface area contributed by atoms with Crippen LogP contribution in [0.2, 0.25) is 0 Å². The van der Waals surface area contributed by atoms with Crippen molar-refractivity contribution in [2.75, 3.05) is 17.2 Å². The number of nitrogens with one attached hydrogen (secondary N) is 2. The molecule has 1 atom stereocenters. The van der Waals surface area contributed by atoms with Gasteiger partial charge in [-0.1, -0.05) is 48.5 Å².